The van der Waals surface area contributed by atoms with Gasteiger partial charge in [0.1, 0.15) is 5.75 Å². The van der Waals surface area contributed by atoms with Crippen LogP contribution in [0.3, 0.4) is 0 Å². The maximum atomic E-state index is 6.72. The fraction of sp³-hybridized carbons (Fsp3) is 0.370. The Labute approximate surface area is 184 Å². The number of hydrogen-bond donors (Lipinski definition) is 0. The van der Waals surface area contributed by atoms with Gasteiger partial charge in [0.25, 0.3) is 0 Å². The van der Waals surface area contributed by atoms with Crippen molar-refractivity contribution >= 4 is 10.9 Å². The molecular formula is C27H30N2O2. The SMILES string of the molecule is C=CC1CN2CCC1CC2[C@H](OCc1ccccc1)c1ccnc2ccc(OC)cc12. The summed E-state index contributed by atoms with van der Waals surface area (Å²) in [6.07, 6.45) is 6.44. The molecule has 3 aliphatic rings. The number of benzene rings is 2. The minimum Gasteiger partial charge on any atom is -0.497 e. The summed E-state index contributed by atoms with van der Waals surface area (Å²) < 4.78 is 12.2. The normalized spacial score (nSPS) is 26.0. The van der Waals surface area contributed by atoms with Crippen molar-refractivity contribution in [3.05, 3.63) is 84.6 Å². The lowest BCUT2D eigenvalue weighted by Gasteiger charge is -2.51. The number of ether oxygens (including phenoxy) is 2. The summed E-state index contributed by atoms with van der Waals surface area (Å²) in [6.45, 7) is 6.90. The molecule has 6 rings (SSSR count). The highest BCUT2D eigenvalue weighted by Crippen LogP contribution is 2.43. The quantitative estimate of drug-likeness (QED) is 0.485. The molecule has 4 unspecified atom stereocenters. The standard InChI is InChI=1S/C27H30N2O2/c1-3-20-17-29-14-12-21(20)15-26(29)27(31-18-19-7-5-4-6-8-19)23-11-13-28-25-10-9-22(30-2)16-24(23)25/h3-11,13,16,20-21,26-27H,1,12,14-15,17-18H2,2H3/t20?,21?,26?,27-/m1/s1. The number of fused-ring (bicyclic) bond motifs is 4. The minimum atomic E-state index is -0.0219. The van der Waals surface area contributed by atoms with Crippen LogP contribution in [-0.4, -0.2) is 36.1 Å². The first-order valence-corrected chi connectivity index (χ1v) is 11.2. The lowest BCUT2D eigenvalue weighted by atomic mass is 9.73. The monoisotopic (exact) mass is 414 g/mol. The van der Waals surface area contributed by atoms with Crippen molar-refractivity contribution in [3.63, 3.8) is 0 Å². The predicted molar refractivity (Wildman–Crippen MR) is 124 cm³/mol. The fourth-order valence-corrected chi connectivity index (χ4v) is 5.38. The van der Waals surface area contributed by atoms with Crippen molar-refractivity contribution in [2.75, 3.05) is 20.2 Å². The van der Waals surface area contributed by atoms with Gasteiger partial charge in [-0.1, -0.05) is 36.4 Å². The molecule has 31 heavy (non-hydrogen) atoms. The summed E-state index contributed by atoms with van der Waals surface area (Å²) >= 11 is 0. The second-order valence-electron chi connectivity index (χ2n) is 8.75. The van der Waals surface area contributed by atoms with E-state index in [9.17, 15) is 0 Å². The van der Waals surface area contributed by atoms with Gasteiger partial charge in [-0.05, 0) is 66.6 Å². The van der Waals surface area contributed by atoms with Crippen molar-refractivity contribution < 1.29 is 9.47 Å². The van der Waals surface area contributed by atoms with E-state index in [1.54, 1.807) is 7.11 Å². The largest absolute Gasteiger partial charge is 0.497 e. The van der Waals surface area contributed by atoms with Crippen LogP contribution < -0.4 is 4.74 Å². The molecule has 0 saturated carbocycles. The van der Waals surface area contributed by atoms with Gasteiger partial charge in [-0.2, -0.15) is 0 Å². The Morgan fingerprint density at radius 1 is 1.19 bits per heavy atom. The van der Waals surface area contributed by atoms with Crippen LogP contribution in [0.2, 0.25) is 0 Å². The molecule has 3 fully saturated rings. The molecule has 1 aromatic heterocycles. The van der Waals surface area contributed by atoms with Gasteiger partial charge in [0.2, 0.25) is 0 Å². The molecule has 2 aromatic carbocycles. The highest BCUT2D eigenvalue weighted by molar-refractivity contribution is 5.84. The minimum absolute atomic E-state index is 0.0219. The molecule has 0 N–H and O–H groups in total. The first-order chi connectivity index (χ1) is 15.3. The Kier molecular flexibility index (Phi) is 5.75. The van der Waals surface area contributed by atoms with Crippen LogP contribution in [0, 0.1) is 11.8 Å². The molecule has 160 valence electrons. The van der Waals surface area contributed by atoms with E-state index >= 15 is 0 Å². The van der Waals surface area contributed by atoms with Crippen LogP contribution in [0.1, 0.15) is 30.1 Å². The molecule has 0 radical (unpaired) electrons. The van der Waals surface area contributed by atoms with E-state index in [0.717, 1.165) is 36.2 Å². The Balaban J connectivity index is 1.53. The highest BCUT2D eigenvalue weighted by atomic mass is 16.5. The van der Waals surface area contributed by atoms with E-state index in [2.05, 4.69) is 58.9 Å². The Morgan fingerprint density at radius 3 is 2.81 bits per heavy atom. The van der Waals surface area contributed by atoms with Gasteiger partial charge in [0.15, 0.2) is 0 Å². The molecule has 2 bridgehead atoms. The first-order valence-electron chi connectivity index (χ1n) is 11.2. The Morgan fingerprint density at radius 2 is 2.06 bits per heavy atom. The van der Waals surface area contributed by atoms with Gasteiger partial charge in [0.05, 0.1) is 25.3 Å². The Bertz CT molecular complexity index is 1050. The third kappa shape index (κ3) is 3.98. The lowest BCUT2D eigenvalue weighted by molar-refractivity contribution is -0.0803. The van der Waals surface area contributed by atoms with Gasteiger partial charge in [-0.25, -0.2) is 0 Å². The van der Waals surface area contributed by atoms with Crippen LogP contribution in [-0.2, 0) is 11.3 Å². The van der Waals surface area contributed by atoms with Crippen molar-refractivity contribution in [2.45, 2.75) is 31.6 Å². The molecule has 0 amide bonds. The molecule has 4 heterocycles. The maximum absolute atomic E-state index is 6.72. The number of aromatic nitrogens is 1. The highest BCUT2D eigenvalue weighted by Gasteiger charge is 2.43. The first kappa shape index (κ1) is 20.2. The zero-order valence-electron chi connectivity index (χ0n) is 18.1. The zero-order chi connectivity index (χ0) is 21.2. The molecule has 4 nitrogen and oxygen atoms in total. The predicted octanol–water partition coefficient (Wildman–Crippen LogP) is 5.40. The van der Waals surface area contributed by atoms with E-state index < -0.39 is 0 Å². The molecule has 3 saturated heterocycles. The van der Waals surface area contributed by atoms with E-state index in [-0.39, 0.29) is 6.10 Å². The van der Waals surface area contributed by atoms with E-state index in [4.69, 9.17) is 9.47 Å². The molecular weight excluding hydrogens is 384 g/mol. The summed E-state index contributed by atoms with van der Waals surface area (Å²) in [5, 5.41) is 1.11. The van der Waals surface area contributed by atoms with E-state index in [0.29, 0.717) is 24.5 Å². The number of piperidine rings is 3. The molecule has 5 atom stereocenters. The van der Waals surface area contributed by atoms with Gasteiger partial charge in [-0.15, -0.1) is 6.58 Å². The average Bonchev–Trinajstić information content (AvgIpc) is 2.85. The number of rotatable bonds is 7. The topological polar surface area (TPSA) is 34.6 Å². The van der Waals surface area contributed by atoms with Crippen LogP contribution in [0.25, 0.3) is 10.9 Å². The molecule has 3 aromatic rings. The lowest BCUT2D eigenvalue weighted by Crippen LogP contribution is -2.55. The van der Waals surface area contributed by atoms with Crippen LogP contribution in [0.15, 0.2) is 73.4 Å². The summed E-state index contributed by atoms with van der Waals surface area (Å²) in [7, 11) is 1.71. The third-order valence-corrected chi connectivity index (χ3v) is 7.06. The second kappa shape index (κ2) is 8.81. The molecule has 0 spiro atoms. The molecule has 0 aliphatic carbocycles. The van der Waals surface area contributed by atoms with Gasteiger partial charge < -0.3 is 9.47 Å². The summed E-state index contributed by atoms with van der Waals surface area (Å²) in [4.78, 5) is 7.22. The number of nitrogens with zero attached hydrogens (tertiary/aromatic N) is 2. The molecule has 3 aliphatic heterocycles. The fourth-order valence-electron chi connectivity index (χ4n) is 5.38. The smallest absolute Gasteiger partial charge is 0.119 e. The number of hydrogen-bond acceptors (Lipinski definition) is 4. The number of pyridine rings is 1. The van der Waals surface area contributed by atoms with Crippen LogP contribution in [0.4, 0.5) is 0 Å². The van der Waals surface area contributed by atoms with Gasteiger partial charge >= 0.3 is 0 Å². The van der Waals surface area contributed by atoms with E-state index in [1.807, 2.05) is 24.4 Å². The van der Waals surface area contributed by atoms with E-state index in [1.165, 1.54) is 17.5 Å². The van der Waals surface area contributed by atoms with Gasteiger partial charge in [-0.3, -0.25) is 9.88 Å². The summed E-state index contributed by atoms with van der Waals surface area (Å²) in [6, 6.07) is 19.0. The summed E-state index contributed by atoms with van der Waals surface area (Å²) in [5.41, 5.74) is 3.38. The Hall–Kier alpha value is -2.69. The van der Waals surface area contributed by atoms with Crippen molar-refractivity contribution in [1.29, 1.82) is 0 Å². The maximum Gasteiger partial charge on any atom is 0.119 e. The van der Waals surface area contributed by atoms with Crippen LogP contribution in [0.5, 0.6) is 5.75 Å². The zero-order valence-corrected chi connectivity index (χ0v) is 18.1. The third-order valence-electron chi connectivity index (χ3n) is 7.06. The average molecular weight is 415 g/mol. The molecule has 4 heteroatoms. The van der Waals surface area contributed by atoms with Crippen LogP contribution >= 0.6 is 0 Å². The van der Waals surface area contributed by atoms with Gasteiger partial charge in [0, 0.05) is 24.2 Å². The second-order valence-corrected chi connectivity index (χ2v) is 8.75. The number of methoxy groups -OCH3 is 1. The van der Waals surface area contributed by atoms with Crippen molar-refractivity contribution in [2.24, 2.45) is 11.8 Å². The van der Waals surface area contributed by atoms with Crippen molar-refractivity contribution in [1.82, 2.24) is 9.88 Å². The van der Waals surface area contributed by atoms with Crippen molar-refractivity contribution in [3.8, 4) is 5.75 Å². The summed E-state index contributed by atoms with van der Waals surface area (Å²) in [5.74, 6) is 2.13.